The fraction of sp³-hybridized carbons (Fsp3) is 0.673. The molecule has 0 N–H and O–H groups in total. The molecule has 0 heterocycles. The van der Waals surface area contributed by atoms with Gasteiger partial charge < -0.3 is 0 Å². The summed E-state index contributed by atoms with van der Waals surface area (Å²) in [5.41, 5.74) is 9.71. The standard InChI is InChI=1S/C49H78N2.Ni/c1-7-13-15-17-18-19-20-21-22-23-24-25-26-27-28-29-31-35-49(50-46-38-36-42(11-5)43(12-6)40-46)48(34-30-16-14-8-2)51-47-39-37-44(32-9-3)45(41-47)33-10-4;/h36-41H,7-30,32-34H2,1-6H3;. The number of unbranched alkanes of at least 4 members (excludes halogenated alkanes) is 18. The van der Waals surface area contributed by atoms with E-state index in [0.29, 0.717) is 0 Å². The molecule has 3 heteroatoms. The van der Waals surface area contributed by atoms with Crippen molar-refractivity contribution >= 4 is 22.8 Å². The van der Waals surface area contributed by atoms with Crippen LogP contribution in [0.4, 0.5) is 11.4 Å². The van der Waals surface area contributed by atoms with Crippen molar-refractivity contribution < 1.29 is 16.5 Å². The Hall–Kier alpha value is -2.17. The first kappa shape index (κ1) is 47.9. The van der Waals surface area contributed by atoms with Gasteiger partial charge in [0.1, 0.15) is 5.71 Å². The molecule has 0 aliphatic heterocycles. The average molecular weight is 754 g/mol. The molecule has 0 spiro atoms. The molecule has 0 aromatic heterocycles. The molecule has 0 saturated heterocycles. The first-order valence-electron chi connectivity index (χ1n) is 22.0. The van der Waals surface area contributed by atoms with E-state index in [-0.39, 0.29) is 16.5 Å². The molecule has 0 amide bonds. The second-order valence-corrected chi connectivity index (χ2v) is 14.9. The van der Waals surface area contributed by atoms with E-state index >= 15 is 0 Å². The maximum absolute atomic E-state index is 5.35. The zero-order valence-electron chi connectivity index (χ0n) is 34.8. The zero-order chi connectivity index (χ0) is 36.8. The summed E-state index contributed by atoms with van der Waals surface area (Å²) in [5.74, 6) is 7.15. The molecule has 2 aromatic carbocycles. The molecule has 2 rings (SSSR count). The van der Waals surface area contributed by atoms with Gasteiger partial charge in [-0.05, 0) is 97.4 Å². The molecular formula is C49H78N2Ni. The minimum atomic E-state index is 0. The van der Waals surface area contributed by atoms with Crippen molar-refractivity contribution in [3.63, 3.8) is 0 Å². The second-order valence-electron chi connectivity index (χ2n) is 14.9. The quantitative estimate of drug-likeness (QED) is 0.0342. The van der Waals surface area contributed by atoms with E-state index in [2.05, 4.69) is 89.8 Å². The van der Waals surface area contributed by atoms with Crippen LogP contribution in [0.15, 0.2) is 46.4 Å². The Morgan fingerprint density at radius 1 is 0.462 bits per heavy atom. The van der Waals surface area contributed by atoms with Gasteiger partial charge in [-0.2, -0.15) is 0 Å². The number of nitrogens with zero attached hydrogens (tertiary/aromatic N) is 2. The fourth-order valence-electron chi connectivity index (χ4n) is 7.18. The number of rotatable bonds is 29. The van der Waals surface area contributed by atoms with Crippen LogP contribution in [-0.4, -0.2) is 11.4 Å². The fourth-order valence-corrected chi connectivity index (χ4v) is 7.18. The summed E-state index contributed by atoms with van der Waals surface area (Å²) in [7, 11) is 0. The van der Waals surface area contributed by atoms with Crippen molar-refractivity contribution in [2.45, 2.75) is 215 Å². The molecule has 2 aromatic rings. The summed E-state index contributed by atoms with van der Waals surface area (Å²) >= 11 is 0. The van der Waals surface area contributed by atoms with Crippen LogP contribution in [0.3, 0.4) is 0 Å². The first-order valence-corrected chi connectivity index (χ1v) is 22.0. The Bertz CT molecular complexity index is 1310. The molecule has 0 bridgehead atoms. The van der Waals surface area contributed by atoms with Crippen LogP contribution >= 0.6 is 0 Å². The van der Waals surface area contributed by atoms with E-state index in [4.69, 9.17) is 9.98 Å². The Morgan fingerprint density at radius 2 is 0.923 bits per heavy atom. The van der Waals surface area contributed by atoms with Crippen molar-refractivity contribution in [1.29, 1.82) is 0 Å². The Morgan fingerprint density at radius 3 is 1.46 bits per heavy atom. The third-order valence-electron chi connectivity index (χ3n) is 10.3. The maximum Gasteiger partial charge on any atom is 0.135 e. The van der Waals surface area contributed by atoms with Crippen LogP contribution in [0.2, 0.25) is 0 Å². The number of benzene rings is 2. The van der Waals surface area contributed by atoms with Crippen LogP contribution in [0.1, 0.15) is 211 Å². The van der Waals surface area contributed by atoms with Crippen molar-refractivity contribution in [1.82, 2.24) is 0 Å². The minimum absolute atomic E-state index is 0. The largest absolute Gasteiger partial charge is 0.251 e. The number of hydrogen-bond donors (Lipinski definition) is 0. The number of aliphatic imine (C=N–C) groups is 2. The first-order chi connectivity index (χ1) is 25.1. The summed E-state index contributed by atoms with van der Waals surface area (Å²) in [6.07, 6.45) is 34.1. The minimum Gasteiger partial charge on any atom is -0.251 e. The molecule has 0 saturated carbocycles. The Kier molecular flexibility index (Phi) is 29.7. The van der Waals surface area contributed by atoms with Gasteiger partial charge in [-0.1, -0.05) is 182 Å². The molecule has 2 nitrogen and oxygen atoms in total. The maximum atomic E-state index is 5.35. The smallest absolute Gasteiger partial charge is 0.135 e. The predicted molar refractivity (Wildman–Crippen MR) is 230 cm³/mol. The summed E-state index contributed by atoms with van der Waals surface area (Å²) in [6.45, 7) is 13.6. The van der Waals surface area contributed by atoms with Gasteiger partial charge in [0, 0.05) is 22.9 Å². The number of aryl methyl sites for hydroxylation is 4. The molecular weight excluding hydrogens is 675 g/mol. The Labute approximate surface area is 333 Å². The van der Waals surface area contributed by atoms with E-state index in [1.807, 2.05) is 0 Å². The van der Waals surface area contributed by atoms with Crippen LogP contribution in [0.5, 0.6) is 0 Å². The van der Waals surface area contributed by atoms with Crippen LogP contribution in [0.25, 0.3) is 0 Å². The van der Waals surface area contributed by atoms with Gasteiger partial charge >= 0.3 is 0 Å². The molecule has 0 aliphatic rings. The predicted octanol–water partition coefficient (Wildman–Crippen LogP) is 15.8. The molecule has 0 fully saturated rings. The van der Waals surface area contributed by atoms with E-state index in [1.54, 1.807) is 0 Å². The normalized spacial score (nSPS) is 11.7. The molecule has 0 radical (unpaired) electrons. The molecule has 0 atom stereocenters. The number of hydrogen-bond acceptors (Lipinski definition) is 2. The van der Waals surface area contributed by atoms with Gasteiger partial charge in [-0.3, -0.25) is 4.99 Å². The molecule has 0 unspecified atom stereocenters. The molecule has 0 aliphatic carbocycles. The molecule has 52 heavy (non-hydrogen) atoms. The topological polar surface area (TPSA) is 24.7 Å². The van der Waals surface area contributed by atoms with Gasteiger partial charge in [0.15, 0.2) is 0 Å². The summed E-state index contributed by atoms with van der Waals surface area (Å²) in [5, 5.41) is 0. The van der Waals surface area contributed by atoms with Gasteiger partial charge in [0.25, 0.3) is 0 Å². The van der Waals surface area contributed by atoms with Crippen molar-refractivity contribution in [3.8, 4) is 11.8 Å². The molecule has 294 valence electrons. The van der Waals surface area contributed by atoms with Crippen LogP contribution < -0.4 is 0 Å². The third-order valence-corrected chi connectivity index (χ3v) is 10.3. The zero-order valence-corrected chi connectivity index (χ0v) is 35.8. The van der Waals surface area contributed by atoms with E-state index < -0.39 is 0 Å². The van der Waals surface area contributed by atoms with Crippen molar-refractivity contribution in [3.05, 3.63) is 58.7 Å². The second kappa shape index (κ2) is 32.3. The van der Waals surface area contributed by atoms with Crippen molar-refractivity contribution in [2.75, 3.05) is 0 Å². The van der Waals surface area contributed by atoms with Crippen LogP contribution in [-0.2, 0) is 42.2 Å². The summed E-state index contributed by atoms with van der Waals surface area (Å²) in [4.78, 5) is 10.6. The monoisotopic (exact) mass is 753 g/mol. The van der Waals surface area contributed by atoms with Gasteiger partial charge in [0.2, 0.25) is 0 Å². The summed E-state index contributed by atoms with van der Waals surface area (Å²) in [6, 6.07) is 13.6. The Balaban J connectivity index is 0.0000135. The van der Waals surface area contributed by atoms with Crippen LogP contribution in [0, 0.1) is 11.8 Å². The van der Waals surface area contributed by atoms with E-state index in [0.717, 1.165) is 74.2 Å². The van der Waals surface area contributed by atoms with E-state index in [9.17, 15) is 0 Å². The average Bonchev–Trinajstić information content (AvgIpc) is 3.14. The van der Waals surface area contributed by atoms with Gasteiger partial charge in [0.05, 0.1) is 17.1 Å². The summed E-state index contributed by atoms with van der Waals surface area (Å²) < 4.78 is 0. The SMILES string of the molecule is CCCCCCCCCCCCCCCCCC#CC(=Nc1ccc(CC)c(CC)c1)C(CCCCCC)=Nc1ccc(CCC)c(CCC)c1.[Ni]. The van der Waals surface area contributed by atoms with Gasteiger partial charge in [-0.25, -0.2) is 4.99 Å². The third kappa shape index (κ3) is 20.9. The van der Waals surface area contributed by atoms with Gasteiger partial charge in [-0.15, -0.1) is 0 Å². The van der Waals surface area contributed by atoms with E-state index in [1.165, 1.54) is 144 Å². The van der Waals surface area contributed by atoms with Crippen molar-refractivity contribution in [2.24, 2.45) is 9.98 Å².